The Morgan fingerprint density at radius 2 is 1.81 bits per heavy atom. The third-order valence-corrected chi connectivity index (χ3v) is 5.89. The van der Waals surface area contributed by atoms with Crippen LogP contribution in [0.25, 0.3) is 5.57 Å². The van der Waals surface area contributed by atoms with Gasteiger partial charge in [-0.1, -0.05) is 60.5 Å². The van der Waals surface area contributed by atoms with Crippen LogP contribution in [0.15, 0.2) is 64.6 Å². The second-order valence-corrected chi connectivity index (χ2v) is 8.48. The van der Waals surface area contributed by atoms with Gasteiger partial charge in [-0.05, 0) is 49.1 Å². The molecule has 2 aromatic carbocycles. The van der Waals surface area contributed by atoms with Crippen LogP contribution in [-0.4, -0.2) is 30.0 Å². The monoisotopic (exact) mass is 432 g/mol. The molecule has 7 heteroatoms. The van der Waals surface area contributed by atoms with E-state index in [0.717, 1.165) is 45.9 Å². The van der Waals surface area contributed by atoms with E-state index in [-0.39, 0.29) is 24.1 Å². The maximum absolute atomic E-state index is 13.3. The molecule has 0 aromatic heterocycles. The molecule has 0 fully saturated rings. The minimum absolute atomic E-state index is 0.0469. The molecule has 2 aliphatic heterocycles. The van der Waals surface area contributed by atoms with Crippen LogP contribution < -0.4 is 10.1 Å². The van der Waals surface area contributed by atoms with Crippen molar-refractivity contribution in [3.63, 3.8) is 0 Å². The van der Waals surface area contributed by atoms with Gasteiger partial charge in [0.2, 0.25) is 0 Å². The number of rotatable bonds is 7. The molecule has 2 amide bonds. The number of benzene rings is 2. The average Bonchev–Trinajstić information content (AvgIpc) is 3.20. The van der Waals surface area contributed by atoms with Gasteiger partial charge < -0.3 is 10.1 Å². The van der Waals surface area contributed by atoms with Gasteiger partial charge in [0.05, 0.1) is 12.1 Å². The third kappa shape index (κ3) is 4.28. The zero-order valence-corrected chi connectivity index (χ0v) is 18.7. The highest BCUT2D eigenvalue weighted by molar-refractivity contribution is 6.06. The van der Waals surface area contributed by atoms with Gasteiger partial charge in [0.25, 0.3) is 11.8 Å². The quantitative estimate of drug-likeness (QED) is 0.653. The Balaban J connectivity index is 1.70. The minimum atomic E-state index is -0.650. The zero-order valence-electron chi connectivity index (χ0n) is 18.7. The molecule has 0 saturated carbocycles. The van der Waals surface area contributed by atoms with Crippen molar-refractivity contribution in [2.45, 2.75) is 45.6 Å². The summed E-state index contributed by atoms with van der Waals surface area (Å²) in [5.74, 6) is 0.162. The van der Waals surface area contributed by atoms with Crippen LogP contribution in [0.5, 0.6) is 5.75 Å². The van der Waals surface area contributed by atoms with Crippen molar-refractivity contribution >= 4 is 17.4 Å². The molecule has 1 N–H and O–H groups in total. The number of aryl methyl sites for hydroxylation is 1. The van der Waals surface area contributed by atoms with Crippen molar-refractivity contribution in [2.75, 3.05) is 13.2 Å². The van der Waals surface area contributed by atoms with Gasteiger partial charge in [0.1, 0.15) is 18.0 Å². The summed E-state index contributed by atoms with van der Waals surface area (Å²) in [6.45, 7) is 6.78. The first kappa shape index (κ1) is 21.7. The van der Waals surface area contributed by atoms with Gasteiger partial charge >= 0.3 is 0 Å². The molecule has 32 heavy (non-hydrogen) atoms. The molecule has 0 saturated heterocycles. The maximum atomic E-state index is 13.3. The molecule has 1 unspecified atom stereocenters. The van der Waals surface area contributed by atoms with E-state index in [2.05, 4.69) is 22.6 Å². The molecule has 166 valence electrons. The van der Waals surface area contributed by atoms with E-state index < -0.39 is 5.54 Å². The Hall–Kier alpha value is -3.48. The molecule has 4 rings (SSSR count). The molecule has 1 atom stereocenters. The van der Waals surface area contributed by atoms with E-state index in [4.69, 9.17) is 4.74 Å². The minimum Gasteiger partial charge on any atom is -0.494 e. The van der Waals surface area contributed by atoms with Crippen LogP contribution in [-0.2, 0) is 15.1 Å². The zero-order chi connectivity index (χ0) is 22.7. The highest BCUT2D eigenvalue weighted by atomic mass is 16.5. The van der Waals surface area contributed by atoms with Crippen LogP contribution in [0.2, 0.25) is 0 Å². The lowest BCUT2D eigenvalue weighted by Crippen LogP contribution is -2.50. The number of carbonyl (C=O) groups is 2. The summed E-state index contributed by atoms with van der Waals surface area (Å²) in [6.07, 6.45) is 2.60. The van der Waals surface area contributed by atoms with Crippen molar-refractivity contribution in [3.05, 3.63) is 70.9 Å². The van der Waals surface area contributed by atoms with Crippen molar-refractivity contribution in [2.24, 2.45) is 10.3 Å². The third-order valence-electron chi connectivity index (χ3n) is 5.89. The van der Waals surface area contributed by atoms with Crippen LogP contribution in [0, 0.1) is 6.92 Å². The van der Waals surface area contributed by atoms with Gasteiger partial charge in [-0.3, -0.25) is 9.59 Å². The number of hydrogen-bond acceptors (Lipinski definition) is 5. The molecular formula is C25H28N4O3. The van der Waals surface area contributed by atoms with E-state index >= 15 is 0 Å². The predicted molar refractivity (Wildman–Crippen MR) is 122 cm³/mol. The van der Waals surface area contributed by atoms with Gasteiger partial charge in [0, 0.05) is 6.42 Å². The summed E-state index contributed by atoms with van der Waals surface area (Å²) in [5.41, 5.74) is 3.34. The standard InChI is InChI=1S/C25H28N4O3/c1-4-5-14-32-20-12-10-19(11-13-20)25(3)15-21(18-8-6-17(2)7-9-18)23(24(31)27-25)29-22(30)16-26-28-29/h6-13H,4-5,14-16H2,1-3H3,(H,27,31). The van der Waals surface area contributed by atoms with Crippen molar-refractivity contribution < 1.29 is 14.3 Å². The Labute approximate surface area is 188 Å². The number of unbranched alkanes of at least 4 members (excludes halogenated alkanes) is 1. The summed E-state index contributed by atoms with van der Waals surface area (Å²) in [6, 6.07) is 15.8. The van der Waals surface area contributed by atoms with Crippen LogP contribution in [0.1, 0.15) is 49.8 Å². The Morgan fingerprint density at radius 3 is 2.44 bits per heavy atom. The molecule has 2 aromatic rings. The van der Waals surface area contributed by atoms with E-state index in [1.165, 1.54) is 0 Å². The fraction of sp³-hybridized carbons (Fsp3) is 0.360. The largest absolute Gasteiger partial charge is 0.494 e. The highest BCUT2D eigenvalue weighted by Crippen LogP contribution is 2.40. The Bertz CT molecular complexity index is 1070. The molecule has 2 aliphatic rings. The second kappa shape index (κ2) is 8.94. The predicted octanol–water partition coefficient (Wildman–Crippen LogP) is 4.53. The molecule has 0 spiro atoms. The van der Waals surface area contributed by atoms with Crippen LogP contribution in [0.3, 0.4) is 0 Å². The summed E-state index contributed by atoms with van der Waals surface area (Å²) >= 11 is 0. The molecule has 2 heterocycles. The highest BCUT2D eigenvalue weighted by Gasteiger charge is 2.41. The number of ether oxygens (including phenoxy) is 1. The molecule has 0 aliphatic carbocycles. The van der Waals surface area contributed by atoms with Gasteiger partial charge in [0.15, 0.2) is 0 Å². The molecule has 7 nitrogen and oxygen atoms in total. The van der Waals surface area contributed by atoms with E-state index in [9.17, 15) is 9.59 Å². The smallest absolute Gasteiger partial charge is 0.272 e. The van der Waals surface area contributed by atoms with Crippen LogP contribution in [0.4, 0.5) is 0 Å². The average molecular weight is 433 g/mol. The number of nitrogens with one attached hydrogen (secondary N) is 1. The SMILES string of the molecule is CCCCOc1ccc(C2(C)CC(c3ccc(C)cc3)=C(N3N=NCC3=O)C(=O)N2)cc1. The summed E-state index contributed by atoms with van der Waals surface area (Å²) < 4.78 is 5.78. The van der Waals surface area contributed by atoms with Gasteiger partial charge in [-0.2, -0.15) is 10.1 Å². The topological polar surface area (TPSA) is 83.4 Å². The first-order valence-corrected chi connectivity index (χ1v) is 11.0. The van der Waals surface area contributed by atoms with Crippen molar-refractivity contribution in [3.8, 4) is 5.75 Å². The molecule has 0 radical (unpaired) electrons. The van der Waals surface area contributed by atoms with Crippen molar-refractivity contribution in [1.82, 2.24) is 10.3 Å². The van der Waals surface area contributed by atoms with E-state index in [0.29, 0.717) is 13.0 Å². The number of hydrogen-bond donors (Lipinski definition) is 1. The second-order valence-electron chi connectivity index (χ2n) is 8.48. The van der Waals surface area contributed by atoms with E-state index in [1.54, 1.807) is 0 Å². The maximum Gasteiger partial charge on any atom is 0.272 e. The fourth-order valence-corrected chi connectivity index (χ4v) is 4.02. The normalized spacial score (nSPS) is 20.7. The summed E-state index contributed by atoms with van der Waals surface area (Å²) in [7, 11) is 0. The lowest BCUT2D eigenvalue weighted by molar-refractivity contribution is -0.130. The number of amides is 2. The first-order valence-electron chi connectivity index (χ1n) is 11.0. The lowest BCUT2D eigenvalue weighted by atomic mass is 9.79. The summed E-state index contributed by atoms with van der Waals surface area (Å²) in [4.78, 5) is 25.7. The van der Waals surface area contributed by atoms with E-state index in [1.807, 2.05) is 62.4 Å². The lowest BCUT2D eigenvalue weighted by Gasteiger charge is -2.38. The summed E-state index contributed by atoms with van der Waals surface area (Å²) in [5, 5.41) is 12.0. The van der Waals surface area contributed by atoms with Crippen LogP contribution >= 0.6 is 0 Å². The number of nitrogens with zero attached hydrogens (tertiary/aromatic N) is 3. The fourth-order valence-electron chi connectivity index (χ4n) is 4.02. The molecule has 0 bridgehead atoms. The Kier molecular flexibility index (Phi) is 6.08. The first-order chi connectivity index (χ1) is 15.4. The van der Waals surface area contributed by atoms with Gasteiger partial charge in [-0.15, -0.1) is 0 Å². The Morgan fingerprint density at radius 1 is 1.09 bits per heavy atom. The molecular weight excluding hydrogens is 404 g/mol. The van der Waals surface area contributed by atoms with Crippen molar-refractivity contribution in [1.29, 1.82) is 0 Å². The number of carbonyl (C=O) groups excluding carboxylic acids is 2. The van der Waals surface area contributed by atoms with Gasteiger partial charge in [-0.25, -0.2) is 0 Å².